The zero-order chi connectivity index (χ0) is 15.8. The standard InChI is InChI=1S/C14H22N4O3/c1-4-15-13-7-6-11(18(20)21)10-12(13)14(19)16-8-9-17(3)5-2/h6-7,10,15H,4-5,8-9H2,1-3H3,(H,16,19). The predicted molar refractivity (Wildman–Crippen MR) is 82.8 cm³/mol. The highest BCUT2D eigenvalue weighted by molar-refractivity contribution is 6.00. The van der Waals surface area contributed by atoms with Gasteiger partial charge in [0, 0.05) is 37.5 Å². The summed E-state index contributed by atoms with van der Waals surface area (Å²) in [7, 11) is 1.96. The number of nitro benzene ring substituents is 1. The highest BCUT2D eigenvalue weighted by atomic mass is 16.6. The lowest BCUT2D eigenvalue weighted by Gasteiger charge is -2.15. The van der Waals surface area contributed by atoms with Gasteiger partial charge in [0.1, 0.15) is 0 Å². The first-order valence-electron chi connectivity index (χ1n) is 6.98. The average molecular weight is 294 g/mol. The van der Waals surface area contributed by atoms with E-state index in [1.165, 1.54) is 12.1 Å². The van der Waals surface area contributed by atoms with Gasteiger partial charge >= 0.3 is 0 Å². The molecule has 0 aromatic heterocycles. The van der Waals surface area contributed by atoms with Crippen LogP contribution in [0.5, 0.6) is 0 Å². The van der Waals surface area contributed by atoms with Gasteiger partial charge in [0.15, 0.2) is 0 Å². The van der Waals surface area contributed by atoms with Crippen molar-refractivity contribution >= 4 is 17.3 Å². The third-order valence-corrected chi connectivity index (χ3v) is 3.14. The van der Waals surface area contributed by atoms with Crippen molar-refractivity contribution in [3.05, 3.63) is 33.9 Å². The van der Waals surface area contributed by atoms with Crippen molar-refractivity contribution in [1.82, 2.24) is 10.2 Å². The van der Waals surface area contributed by atoms with Gasteiger partial charge in [-0.05, 0) is 26.6 Å². The zero-order valence-corrected chi connectivity index (χ0v) is 12.7. The molecule has 7 heteroatoms. The average Bonchev–Trinajstić information content (AvgIpc) is 2.47. The molecule has 0 aliphatic rings. The van der Waals surface area contributed by atoms with Gasteiger partial charge in [-0.2, -0.15) is 0 Å². The normalized spacial score (nSPS) is 10.5. The molecular formula is C14H22N4O3. The molecule has 0 heterocycles. The number of amides is 1. The molecule has 1 aromatic carbocycles. The molecule has 21 heavy (non-hydrogen) atoms. The van der Waals surface area contributed by atoms with Crippen LogP contribution in [0.25, 0.3) is 0 Å². The Morgan fingerprint density at radius 2 is 2.10 bits per heavy atom. The van der Waals surface area contributed by atoms with Gasteiger partial charge in [-0.25, -0.2) is 0 Å². The zero-order valence-electron chi connectivity index (χ0n) is 12.7. The number of likely N-dealkylation sites (N-methyl/N-ethyl adjacent to an activating group) is 1. The van der Waals surface area contributed by atoms with E-state index in [9.17, 15) is 14.9 Å². The molecule has 2 N–H and O–H groups in total. The van der Waals surface area contributed by atoms with Gasteiger partial charge in [0.05, 0.1) is 10.5 Å². The largest absolute Gasteiger partial charge is 0.385 e. The minimum atomic E-state index is -0.503. The van der Waals surface area contributed by atoms with Crippen LogP contribution in [0.3, 0.4) is 0 Å². The SMILES string of the molecule is CCNc1ccc([N+](=O)[O-])cc1C(=O)NCCN(C)CC. The van der Waals surface area contributed by atoms with Crippen LogP contribution in [0.1, 0.15) is 24.2 Å². The summed E-state index contributed by atoms with van der Waals surface area (Å²) in [5.74, 6) is -0.306. The quantitative estimate of drug-likeness (QED) is 0.563. The lowest BCUT2D eigenvalue weighted by atomic mass is 10.1. The van der Waals surface area contributed by atoms with Crippen LogP contribution < -0.4 is 10.6 Å². The number of hydrogen-bond acceptors (Lipinski definition) is 5. The third-order valence-electron chi connectivity index (χ3n) is 3.14. The molecule has 7 nitrogen and oxygen atoms in total. The summed E-state index contributed by atoms with van der Waals surface area (Å²) in [5.41, 5.74) is 0.808. The Kier molecular flexibility index (Phi) is 6.61. The van der Waals surface area contributed by atoms with Gasteiger partial charge in [-0.1, -0.05) is 6.92 Å². The minimum absolute atomic E-state index is 0.0903. The minimum Gasteiger partial charge on any atom is -0.385 e. The Morgan fingerprint density at radius 1 is 1.38 bits per heavy atom. The Labute approximate surface area is 124 Å². The number of benzene rings is 1. The van der Waals surface area contributed by atoms with Crippen LogP contribution in [-0.4, -0.2) is 49.0 Å². The first-order valence-corrected chi connectivity index (χ1v) is 6.98. The lowest BCUT2D eigenvalue weighted by Crippen LogP contribution is -2.33. The fourth-order valence-corrected chi connectivity index (χ4v) is 1.79. The van der Waals surface area contributed by atoms with E-state index >= 15 is 0 Å². The van der Waals surface area contributed by atoms with Gasteiger partial charge in [0.25, 0.3) is 11.6 Å². The number of carbonyl (C=O) groups is 1. The van der Waals surface area contributed by atoms with Crippen molar-refractivity contribution in [3.8, 4) is 0 Å². The molecule has 0 bridgehead atoms. The molecule has 0 saturated heterocycles. The molecule has 0 saturated carbocycles. The van der Waals surface area contributed by atoms with Crippen molar-refractivity contribution in [3.63, 3.8) is 0 Å². The summed E-state index contributed by atoms with van der Waals surface area (Å²) in [6.07, 6.45) is 0. The van der Waals surface area contributed by atoms with E-state index < -0.39 is 4.92 Å². The van der Waals surface area contributed by atoms with Crippen LogP contribution in [0.4, 0.5) is 11.4 Å². The maximum atomic E-state index is 12.2. The van der Waals surface area contributed by atoms with E-state index in [0.717, 1.165) is 13.1 Å². The molecule has 0 spiro atoms. The van der Waals surface area contributed by atoms with Crippen LogP contribution in [0.2, 0.25) is 0 Å². The number of anilines is 1. The highest BCUT2D eigenvalue weighted by Crippen LogP contribution is 2.22. The molecule has 0 aliphatic heterocycles. The molecule has 116 valence electrons. The lowest BCUT2D eigenvalue weighted by molar-refractivity contribution is -0.384. The van der Waals surface area contributed by atoms with Crippen LogP contribution >= 0.6 is 0 Å². The predicted octanol–water partition coefficient (Wildman–Crippen LogP) is 1.71. The summed E-state index contributed by atoms with van der Waals surface area (Å²) in [5, 5.41) is 16.7. The van der Waals surface area contributed by atoms with Crippen molar-refractivity contribution in [2.24, 2.45) is 0 Å². The van der Waals surface area contributed by atoms with E-state index in [0.29, 0.717) is 24.3 Å². The number of nitrogens with one attached hydrogen (secondary N) is 2. The van der Waals surface area contributed by atoms with Gasteiger partial charge in [0.2, 0.25) is 0 Å². The Morgan fingerprint density at radius 3 is 2.67 bits per heavy atom. The van der Waals surface area contributed by atoms with Gasteiger partial charge < -0.3 is 15.5 Å². The first-order chi connectivity index (χ1) is 9.99. The number of nitrogens with zero attached hydrogens (tertiary/aromatic N) is 2. The number of rotatable bonds is 8. The topological polar surface area (TPSA) is 87.5 Å². The van der Waals surface area contributed by atoms with Crippen LogP contribution in [-0.2, 0) is 0 Å². The number of hydrogen-bond donors (Lipinski definition) is 2. The molecule has 0 aliphatic carbocycles. The molecule has 0 unspecified atom stereocenters. The van der Waals surface area contributed by atoms with Crippen molar-refractivity contribution in [2.75, 3.05) is 38.5 Å². The van der Waals surface area contributed by atoms with Crippen molar-refractivity contribution < 1.29 is 9.72 Å². The van der Waals surface area contributed by atoms with E-state index in [1.807, 2.05) is 20.9 Å². The maximum absolute atomic E-state index is 12.2. The molecule has 1 amide bonds. The summed E-state index contributed by atoms with van der Waals surface area (Å²) < 4.78 is 0. The molecule has 1 aromatic rings. The molecule has 0 fully saturated rings. The monoisotopic (exact) mass is 294 g/mol. The number of non-ortho nitro benzene ring substituents is 1. The molecular weight excluding hydrogens is 272 g/mol. The fraction of sp³-hybridized carbons (Fsp3) is 0.500. The summed E-state index contributed by atoms with van der Waals surface area (Å²) in [4.78, 5) is 24.6. The summed E-state index contributed by atoms with van der Waals surface area (Å²) in [6.45, 7) is 6.70. The molecule has 0 radical (unpaired) electrons. The van der Waals surface area contributed by atoms with Crippen LogP contribution in [0, 0.1) is 10.1 Å². The second-order valence-corrected chi connectivity index (χ2v) is 4.67. The highest BCUT2D eigenvalue weighted by Gasteiger charge is 2.16. The second kappa shape index (κ2) is 8.21. The van der Waals surface area contributed by atoms with Gasteiger partial charge in [-0.3, -0.25) is 14.9 Å². The Bertz CT molecular complexity index is 505. The van der Waals surface area contributed by atoms with Crippen LogP contribution in [0.15, 0.2) is 18.2 Å². The third kappa shape index (κ3) is 5.03. The molecule has 1 rings (SSSR count). The molecule has 0 atom stereocenters. The summed E-state index contributed by atoms with van der Waals surface area (Å²) >= 11 is 0. The first kappa shape index (κ1) is 16.9. The van der Waals surface area contributed by atoms with E-state index in [-0.39, 0.29) is 11.6 Å². The summed E-state index contributed by atoms with van der Waals surface area (Å²) in [6, 6.07) is 4.26. The fourth-order valence-electron chi connectivity index (χ4n) is 1.79. The van der Waals surface area contributed by atoms with Crippen molar-refractivity contribution in [1.29, 1.82) is 0 Å². The number of nitro groups is 1. The smallest absolute Gasteiger partial charge is 0.270 e. The number of carbonyl (C=O) groups excluding carboxylic acids is 1. The second-order valence-electron chi connectivity index (χ2n) is 4.67. The van der Waals surface area contributed by atoms with Gasteiger partial charge in [-0.15, -0.1) is 0 Å². The Hall–Kier alpha value is -2.15. The maximum Gasteiger partial charge on any atom is 0.270 e. The van der Waals surface area contributed by atoms with E-state index in [1.54, 1.807) is 6.07 Å². The van der Waals surface area contributed by atoms with E-state index in [2.05, 4.69) is 15.5 Å². The Balaban J connectivity index is 2.84. The van der Waals surface area contributed by atoms with E-state index in [4.69, 9.17) is 0 Å². The van der Waals surface area contributed by atoms with Crippen molar-refractivity contribution in [2.45, 2.75) is 13.8 Å².